The molecule has 3 rings (SSSR count). The molecule has 0 N–H and O–H groups in total. The SMILES string of the molecule is CCO[C@H]1C=C[C@H]2C/C=C\C[C@H](c3ccc(OC)cc3)OC(=O)C[C@@H]1O2. The van der Waals surface area contributed by atoms with Gasteiger partial charge in [-0.15, -0.1) is 0 Å². The second-order valence-corrected chi connectivity index (χ2v) is 6.42. The molecule has 0 amide bonds. The van der Waals surface area contributed by atoms with E-state index in [1.54, 1.807) is 7.11 Å². The minimum Gasteiger partial charge on any atom is -0.497 e. The maximum absolute atomic E-state index is 12.5. The van der Waals surface area contributed by atoms with Crippen molar-refractivity contribution >= 4 is 5.97 Å². The molecule has 1 aromatic rings. The number of methoxy groups -OCH3 is 1. The molecule has 2 heterocycles. The van der Waals surface area contributed by atoms with Crippen LogP contribution in [0.25, 0.3) is 0 Å². The van der Waals surface area contributed by atoms with Gasteiger partial charge in [-0.25, -0.2) is 0 Å². The fraction of sp³-hybridized carbons (Fsp3) is 0.476. The first-order chi connectivity index (χ1) is 12.7. The van der Waals surface area contributed by atoms with Crippen LogP contribution in [-0.4, -0.2) is 38.0 Å². The van der Waals surface area contributed by atoms with Crippen LogP contribution < -0.4 is 4.74 Å². The van der Waals surface area contributed by atoms with Crippen LogP contribution in [0.5, 0.6) is 5.75 Å². The van der Waals surface area contributed by atoms with Crippen molar-refractivity contribution in [1.29, 1.82) is 0 Å². The molecular formula is C21H26O5. The highest BCUT2D eigenvalue weighted by molar-refractivity contribution is 5.70. The second kappa shape index (κ2) is 9.01. The van der Waals surface area contributed by atoms with Crippen LogP contribution in [0.1, 0.15) is 37.9 Å². The Labute approximate surface area is 154 Å². The van der Waals surface area contributed by atoms with E-state index in [4.69, 9.17) is 18.9 Å². The van der Waals surface area contributed by atoms with E-state index in [-0.39, 0.29) is 36.8 Å². The molecule has 1 aromatic carbocycles. The predicted octanol–water partition coefficient (Wildman–Crippen LogP) is 3.75. The quantitative estimate of drug-likeness (QED) is 0.606. The third kappa shape index (κ3) is 4.74. The maximum Gasteiger partial charge on any atom is 0.309 e. The summed E-state index contributed by atoms with van der Waals surface area (Å²) in [7, 11) is 1.63. The van der Waals surface area contributed by atoms with Crippen LogP contribution in [0.2, 0.25) is 0 Å². The molecule has 140 valence electrons. The van der Waals surface area contributed by atoms with Crippen molar-refractivity contribution in [2.75, 3.05) is 13.7 Å². The van der Waals surface area contributed by atoms with Gasteiger partial charge in [0.15, 0.2) is 0 Å². The molecule has 4 atom stereocenters. The molecule has 26 heavy (non-hydrogen) atoms. The molecule has 2 aliphatic rings. The van der Waals surface area contributed by atoms with Crippen molar-refractivity contribution in [1.82, 2.24) is 0 Å². The van der Waals surface area contributed by atoms with Crippen molar-refractivity contribution in [3.63, 3.8) is 0 Å². The van der Waals surface area contributed by atoms with E-state index >= 15 is 0 Å². The summed E-state index contributed by atoms with van der Waals surface area (Å²) in [5.74, 6) is 0.505. The van der Waals surface area contributed by atoms with E-state index < -0.39 is 0 Å². The fourth-order valence-corrected chi connectivity index (χ4v) is 3.25. The summed E-state index contributed by atoms with van der Waals surface area (Å²) in [4.78, 5) is 12.5. The molecule has 5 heteroatoms. The third-order valence-corrected chi connectivity index (χ3v) is 4.60. The summed E-state index contributed by atoms with van der Waals surface area (Å²) in [6.45, 7) is 2.51. The van der Waals surface area contributed by atoms with Crippen molar-refractivity contribution in [3.05, 3.63) is 54.1 Å². The topological polar surface area (TPSA) is 54.0 Å². The van der Waals surface area contributed by atoms with Crippen LogP contribution in [0.4, 0.5) is 0 Å². The van der Waals surface area contributed by atoms with Gasteiger partial charge in [-0.05, 0) is 31.0 Å². The van der Waals surface area contributed by atoms with E-state index in [9.17, 15) is 4.79 Å². The average molecular weight is 358 g/mol. The standard InChI is InChI=1S/C21H26O5/c1-3-24-19-13-12-17-6-4-5-7-18(26-21(22)14-20(19)25-17)15-8-10-16(23-2)11-9-15/h4-5,8-13,17-20H,3,6-7,14H2,1-2H3/b5-4-/t17-,18-,19+,20+/m1/s1. The van der Waals surface area contributed by atoms with Crippen molar-refractivity contribution in [2.45, 2.75) is 50.6 Å². The number of fused-ring (bicyclic) bond motifs is 2. The molecule has 0 unspecified atom stereocenters. The normalized spacial score (nSPS) is 30.2. The molecular weight excluding hydrogens is 332 g/mol. The van der Waals surface area contributed by atoms with Crippen molar-refractivity contribution in [2.24, 2.45) is 0 Å². The van der Waals surface area contributed by atoms with Crippen LogP contribution in [-0.2, 0) is 19.0 Å². The monoisotopic (exact) mass is 358 g/mol. The average Bonchev–Trinajstić information content (AvgIpc) is 2.68. The lowest BCUT2D eigenvalue weighted by Gasteiger charge is -2.31. The van der Waals surface area contributed by atoms with Gasteiger partial charge in [-0.2, -0.15) is 0 Å². The Hall–Kier alpha value is -2.11. The Kier molecular flexibility index (Phi) is 6.47. The van der Waals surface area contributed by atoms with Gasteiger partial charge in [0.25, 0.3) is 0 Å². The zero-order valence-electron chi connectivity index (χ0n) is 15.3. The largest absolute Gasteiger partial charge is 0.497 e. The van der Waals surface area contributed by atoms with E-state index in [0.29, 0.717) is 13.0 Å². The van der Waals surface area contributed by atoms with Crippen LogP contribution >= 0.6 is 0 Å². The molecule has 0 fully saturated rings. The summed E-state index contributed by atoms with van der Waals surface area (Å²) >= 11 is 0. The summed E-state index contributed by atoms with van der Waals surface area (Å²) in [5.41, 5.74) is 0.950. The minimum atomic E-state index is -0.319. The highest BCUT2D eigenvalue weighted by atomic mass is 16.6. The second-order valence-electron chi connectivity index (χ2n) is 6.42. The molecule has 0 spiro atoms. The molecule has 2 aliphatic heterocycles. The Morgan fingerprint density at radius 2 is 1.88 bits per heavy atom. The van der Waals surface area contributed by atoms with Gasteiger partial charge in [0, 0.05) is 13.0 Å². The Morgan fingerprint density at radius 3 is 2.62 bits per heavy atom. The van der Waals surface area contributed by atoms with Gasteiger partial charge < -0.3 is 18.9 Å². The lowest BCUT2D eigenvalue weighted by Crippen LogP contribution is -2.38. The number of hydrogen-bond donors (Lipinski definition) is 0. The zero-order valence-corrected chi connectivity index (χ0v) is 15.3. The smallest absolute Gasteiger partial charge is 0.309 e. The zero-order chi connectivity index (χ0) is 18.4. The number of hydrogen-bond acceptors (Lipinski definition) is 5. The van der Waals surface area contributed by atoms with E-state index in [1.807, 2.05) is 49.4 Å². The predicted molar refractivity (Wildman–Crippen MR) is 98.0 cm³/mol. The minimum absolute atomic E-state index is 0.0294. The summed E-state index contributed by atoms with van der Waals surface area (Å²) in [6.07, 6.45) is 8.86. The van der Waals surface area contributed by atoms with E-state index in [0.717, 1.165) is 17.7 Å². The van der Waals surface area contributed by atoms with Crippen LogP contribution in [0.3, 0.4) is 0 Å². The number of carbonyl (C=O) groups is 1. The van der Waals surface area contributed by atoms with E-state index in [1.165, 1.54) is 0 Å². The first-order valence-corrected chi connectivity index (χ1v) is 9.13. The molecule has 0 saturated heterocycles. The number of cyclic esters (lactones) is 1. The maximum atomic E-state index is 12.5. The Balaban J connectivity index is 1.77. The molecule has 0 aliphatic carbocycles. The lowest BCUT2D eigenvalue weighted by molar-refractivity contribution is -0.157. The third-order valence-electron chi connectivity index (χ3n) is 4.60. The molecule has 5 nitrogen and oxygen atoms in total. The molecule has 0 radical (unpaired) electrons. The van der Waals surface area contributed by atoms with Crippen molar-refractivity contribution in [3.8, 4) is 5.75 Å². The Morgan fingerprint density at radius 1 is 1.12 bits per heavy atom. The number of benzene rings is 1. The van der Waals surface area contributed by atoms with Crippen LogP contribution in [0.15, 0.2) is 48.6 Å². The van der Waals surface area contributed by atoms with Gasteiger partial charge in [0.1, 0.15) is 18.0 Å². The van der Waals surface area contributed by atoms with Gasteiger partial charge in [-0.3, -0.25) is 4.79 Å². The van der Waals surface area contributed by atoms with Gasteiger partial charge in [0.2, 0.25) is 0 Å². The van der Waals surface area contributed by atoms with Gasteiger partial charge in [-0.1, -0.05) is 36.4 Å². The highest BCUT2D eigenvalue weighted by Crippen LogP contribution is 2.28. The molecule has 0 aromatic heterocycles. The van der Waals surface area contributed by atoms with E-state index in [2.05, 4.69) is 6.08 Å². The number of esters is 1. The number of rotatable bonds is 4. The van der Waals surface area contributed by atoms with Gasteiger partial charge in [0.05, 0.1) is 25.7 Å². The van der Waals surface area contributed by atoms with Crippen molar-refractivity contribution < 1.29 is 23.7 Å². The summed E-state index contributed by atoms with van der Waals surface area (Å²) in [5, 5.41) is 0. The lowest BCUT2D eigenvalue weighted by atomic mass is 10.0. The first kappa shape index (κ1) is 18.7. The molecule has 0 saturated carbocycles. The molecule has 2 bridgehead atoms. The summed E-state index contributed by atoms with van der Waals surface area (Å²) < 4.78 is 22.7. The number of carbonyl (C=O) groups excluding carboxylic acids is 1. The highest BCUT2D eigenvalue weighted by Gasteiger charge is 2.31. The Bertz CT molecular complexity index is 649. The first-order valence-electron chi connectivity index (χ1n) is 9.13. The van der Waals surface area contributed by atoms with Gasteiger partial charge >= 0.3 is 5.97 Å². The van der Waals surface area contributed by atoms with Crippen LogP contribution in [0, 0.1) is 0 Å². The fourth-order valence-electron chi connectivity index (χ4n) is 3.25. The summed E-state index contributed by atoms with van der Waals surface area (Å²) in [6, 6.07) is 7.62. The number of ether oxygens (including phenoxy) is 4.